The fourth-order valence-corrected chi connectivity index (χ4v) is 9.83. The SMILES string of the molecule is COC1CC(C[C@@H](C)[C@@H]2CC[C@H](N)/C=C(\C)C(O)[C@@H](OC)C(=O)C(C)C[C@H](C)/C=C/C=C/C=C(\C)CC[C@@H]3CCC(C)C(O)(O3)C(=O)C(=O)N3CCCCC3C(=O)O2)CC[C@H]1O. The van der Waals surface area contributed by atoms with Gasteiger partial charge in [0.05, 0.1) is 18.3 Å². The first-order valence-electron chi connectivity index (χ1n) is 23.3. The van der Waals surface area contributed by atoms with E-state index in [9.17, 15) is 34.5 Å². The average molecular weight is 871 g/mol. The molecule has 4 rings (SSSR count). The highest BCUT2D eigenvalue weighted by molar-refractivity contribution is 6.39. The Balaban J connectivity index is 1.64. The number of rotatable bonds is 5. The maximum absolute atomic E-state index is 14.3. The number of ether oxygens (including phenoxy) is 4. The van der Waals surface area contributed by atoms with E-state index in [4.69, 9.17) is 24.7 Å². The summed E-state index contributed by atoms with van der Waals surface area (Å²) in [4.78, 5) is 57.3. The van der Waals surface area contributed by atoms with Gasteiger partial charge < -0.3 is 44.9 Å². The Morgan fingerprint density at radius 1 is 0.903 bits per heavy atom. The summed E-state index contributed by atoms with van der Waals surface area (Å²) in [5.41, 5.74) is 8.23. The van der Waals surface area contributed by atoms with Gasteiger partial charge in [0.2, 0.25) is 5.79 Å². The Morgan fingerprint density at radius 3 is 2.35 bits per heavy atom. The molecule has 13 nitrogen and oxygen atoms in total. The minimum atomic E-state index is -2.32. The van der Waals surface area contributed by atoms with Gasteiger partial charge in [0.15, 0.2) is 5.78 Å². The van der Waals surface area contributed by atoms with Gasteiger partial charge in [-0.1, -0.05) is 69.7 Å². The summed E-state index contributed by atoms with van der Waals surface area (Å²) in [5.74, 6) is -6.00. The number of carbonyl (C=O) groups is 4. The number of aliphatic hydroxyl groups is 3. The summed E-state index contributed by atoms with van der Waals surface area (Å²) >= 11 is 0. The zero-order valence-electron chi connectivity index (χ0n) is 38.7. The first-order chi connectivity index (χ1) is 29.4. The van der Waals surface area contributed by atoms with Crippen molar-refractivity contribution in [3.05, 3.63) is 47.6 Å². The molecule has 0 aromatic heterocycles. The highest BCUT2D eigenvalue weighted by atomic mass is 16.6. The third-order valence-electron chi connectivity index (χ3n) is 13.9. The van der Waals surface area contributed by atoms with Gasteiger partial charge in [0.25, 0.3) is 11.7 Å². The van der Waals surface area contributed by atoms with Crippen molar-refractivity contribution in [3.8, 4) is 0 Å². The van der Waals surface area contributed by atoms with Crippen LogP contribution in [0.4, 0.5) is 0 Å². The molecular formula is C49H78N2O11. The number of piperidine rings is 1. The third-order valence-corrected chi connectivity index (χ3v) is 13.9. The molecule has 14 atom stereocenters. The normalized spacial score (nSPS) is 40.5. The van der Waals surface area contributed by atoms with Gasteiger partial charge in [-0.2, -0.15) is 0 Å². The van der Waals surface area contributed by atoms with E-state index in [0.29, 0.717) is 89.0 Å². The number of fused-ring (bicyclic) bond motifs is 3. The quantitative estimate of drug-likeness (QED) is 0.142. The van der Waals surface area contributed by atoms with Crippen LogP contribution in [-0.2, 0) is 38.1 Å². The van der Waals surface area contributed by atoms with Crippen molar-refractivity contribution in [1.29, 1.82) is 0 Å². The van der Waals surface area contributed by atoms with Gasteiger partial charge >= 0.3 is 5.97 Å². The molecule has 350 valence electrons. The van der Waals surface area contributed by atoms with E-state index in [2.05, 4.69) is 0 Å². The number of hydrogen-bond donors (Lipinski definition) is 4. The van der Waals surface area contributed by atoms with Gasteiger partial charge in [-0.15, -0.1) is 0 Å². The van der Waals surface area contributed by atoms with Crippen LogP contribution in [0.15, 0.2) is 47.6 Å². The summed E-state index contributed by atoms with van der Waals surface area (Å²) < 4.78 is 23.6. The number of methoxy groups -OCH3 is 2. The van der Waals surface area contributed by atoms with E-state index in [1.165, 1.54) is 12.0 Å². The minimum Gasteiger partial charge on any atom is -0.461 e. The maximum atomic E-state index is 14.3. The predicted octanol–water partition coefficient (Wildman–Crippen LogP) is 6.07. The molecular weight excluding hydrogens is 793 g/mol. The molecule has 7 unspecified atom stereocenters. The molecule has 0 radical (unpaired) electrons. The highest BCUT2D eigenvalue weighted by Crippen LogP contribution is 2.37. The molecule has 1 aliphatic carbocycles. The van der Waals surface area contributed by atoms with Crippen LogP contribution in [0.2, 0.25) is 0 Å². The van der Waals surface area contributed by atoms with Gasteiger partial charge in [-0.05, 0) is 127 Å². The Kier molecular flexibility index (Phi) is 20.2. The molecule has 62 heavy (non-hydrogen) atoms. The Labute approximate surface area is 370 Å². The van der Waals surface area contributed by atoms with Crippen LogP contribution >= 0.6 is 0 Å². The number of allylic oxidation sites excluding steroid dienone is 6. The first-order valence-corrected chi connectivity index (χ1v) is 23.3. The summed E-state index contributed by atoms with van der Waals surface area (Å²) in [5, 5.41) is 33.6. The lowest BCUT2D eigenvalue weighted by Gasteiger charge is -2.42. The van der Waals surface area contributed by atoms with Crippen molar-refractivity contribution in [2.75, 3.05) is 20.8 Å². The van der Waals surface area contributed by atoms with Crippen LogP contribution in [0.5, 0.6) is 0 Å². The van der Waals surface area contributed by atoms with Crippen molar-refractivity contribution >= 4 is 23.4 Å². The summed E-state index contributed by atoms with van der Waals surface area (Å²) in [7, 11) is 3.02. The fourth-order valence-electron chi connectivity index (χ4n) is 9.83. The topological polar surface area (TPSA) is 195 Å². The third kappa shape index (κ3) is 14.0. The number of esters is 1. The first kappa shape index (κ1) is 51.6. The second-order valence-electron chi connectivity index (χ2n) is 19.1. The van der Waals surface area contributed by atoms with Gasteiger partial charge in [-0.25, -0.2) is 4.79 Å². The van der Waals surface area contributed by atoms with Crippen LogP contribution in [-0.4, -0.2) is 119 Å². The van der Waals surface area contributed by atoms with Crippen molar-refractivity contribution in [2.24, 2.45) is 35.3 Å². The number of hydrogen-bond acceptors (Lipinski definition) is 12. The number of amides is 1. The molecule has 1 saturated carbocycles. The van der Waals surface area contributed by atoms with Crippen LogP contribution in [0.25, 0.3) is 0 Å². The smallest absolute Gasteiger partial charge is 0.329 e. The molecule has 13 heteroatoms. The molecule has 0 aromatic carbocycles. The van der Waals surface area contributed by atoms with Crippen LogP contribution in [0, 0.1) is 29.6 Å². The zero-order chi connectivity index (χ0) is 45.7. The second-order valence-corrected chi connectivity index (χ2v) is 19.1. The van der Waals surface area contributed by atoms with Crippen LogP contribution < -0.4 is 5.73 Å². The lowest BCUT2D eigenvalue weighted by Crippen LogP contribution is -2.60. The highest BCUT2D eigenvalue weighted by Gasteiger charge is 2.52. The monoisotopic (exact) mass is 871 g/mol. The van der Waals surface area contributed by atoms with E-state index in [1.54, 1.807) is 27.0 Å². The van der Waals surface area contributed by atoms with E-state index in [1.807, 2.05) is 58.1 Å². The van der Waals surface area contributed by atoms with E-state index in [0.717, 1.165) is 12.0 Å². The number of Topliss-reactive ketones (excluding diaryl/α,β-unsaturated/α-hetero) is 2. The Hall–Kier alpha value is -3.04. The molecule has 4 aliphatic rings. The number of cyclic esters (lactones) is 1. The minimum absolute atomic E-state index is 0.0786. The fraction of sp³-hybridized carbons (Fsp3) is 0.755. The molecule has 5 N–H and O–H groups in total. The number of nitrogens with zero attached hydrogens (tertiary/aromatic N) is 1. The molecule has 1 amide bonds. The number of nitrogens with two attached hydrogens (primary N) is 1. The molecule has 3 fully saturated rings. The molecule has 3 aliphatic heterocycles. The number of aliphatic hydroxyl groups excluding tert-OH is 2. The van der Waals surface area contributed by atoms with Crippen molar-refractivity contribution in [2.45, 2.75) is 186 Å². The lowest BCUT2D eigenvalue weighted by atomic mass is 9.78. The number of ketones is 2. The average Bonchev–Trinajstić information content (AvgIpc) is 3.25. The molecule has 0 spiro atoms. The van der Waals surface area contributed by atoms with Gasteiger partial charge in [0.1, 0.15) is 24.4 Å². The maximum Gasteiger partial charge on any atom is 0.329 e. The van der Waals surface area contributed by atoms with Gasteiger partial charge in [0, 0.05) is 38.6 Å². The van der Waals surface area contributed by atoms with E-state index >= 15 is 0 Å². The molecule has 0 aromatic rings. The van der Waals surface area contributed by atoms with E-state index in [-0.39, 0.29) is 42.1 Å². The zero-order valence-corrected chi connectivity index (χ0v) is 38.7. The number of carbonyl (C=O) groups excluding carboxylic acids is 4. The van der Waals surface area contributed by atoms with Crippen LogP contribution in [0.1, 0.15) is 131 Å². The van der Waals surface area contributed by atoms with Crippen LogP contribution in [0.3, 0.4) is 0 Å². The largest absolute Gasteiger partial charge is 0.461 e. The summed E-state index contributed by atoms with van der Waals surface area (Å²) in [6.45, 7) is 11.5. The lowest BCUT2D eigenvalue weighted by molar-refractivity contribution is -0.263. The summed E-state index contributed by atoms with van der Waals surface area (Å²) in [6.07, 6.45) is 15.3. The second kappa shape index (κ2) is 24.3. The Bertz CT molecular complexity index is 1630. The van der Waals surface area contributed by atoms with E-state index < -0.39 is 72.0 Å². The molecule has 3 heterocycles. The van der Waals surface area contributed by atoms with Gasteiger partial charge in [-0.3, -0.25) is 14.4 Å². The van der Waals surface area contributed by atoms with Crippen molar-refractivity contribution in [3.63, 3.8) is 0 Å². The van der Waals surface area contributed by atoms with Crippen molar-refractivity contribution in [1.82, 2.24) is 4.90 Å². The summed E-state index contributed by atoms with van der Waals surface area (Å²) in [6, 6.07) is -1.59. The predicted molar refractivity (Wildman–Crippen MR) is 237 cm³/mol. The Morgan fingerprint density at radius 2 is 1.65 bits per heavy atom. The molecule has 2 bridgehead atoms. The molecule has 2 saturated heterocycles. The van der Waals surface area contributed by atoms with Crippen molar-refractivity contribution < 1.29 is 53.4 Å². The standard InChI is InChI=1S/C49H78N2O11/c1-30-14-10-9-11-15-31(2)26-33(4)43(53)45(60-8)44(54)34(5)28-37(50)20-24-41(32(3)27-36-19-23-40(52)42(29-36)59-7)61-48(57)39-16-12-13-25-51(39)47(56)46(55)49(58)35(6)18-22-38(62-49)21-17-30/h9-11,14-15,28,31-33,35-42,44-45,52,54,58H,12-13,16-27,29,50H2,1-8H3/b10-9+,15-11+,30-14+,34-28+/t31-,32-,33?,35?,36?,37+,38-,39?,40-,41+,42?,44?,45+,49?/m1/s1.